The highest BCUT2D eigenvalue weighted by molar-refractivity contribution is 5.83. The lowest BCUT2D eigenvalue weighted by Gasteiger charge is -2.27. The summed E-state index contributed by atoms with van der Waals surface area (Å²) in [6.07, 6.45) is 7.47. The Balaban J connectivity index is 1.84. The Morgan fingerprint density at radius 2 is 1.64 bits per heavy atom. The van der Waals surface area contributed by atoms with Gasteiger partial charge in [0.15, 0.2) is 0 Å². The van der Waals surface area contributed by atoms with Crippen molar-refractivity contribution < 1.29 is 4.79 Å². The van der Waals surface area contributed by atoms with Gasteiger partial charge in [-0.25, -0.2) is 0 Å². The van der Waals surface area contributed by atoms with Gasteiger partial charge in [-0.05, 0) is 37.5 Å². The van der Waals surface area contributed by atoms with Crippen molar-refractivity contribution >= 4 is 5.78 Å². The molecule has 0 aromatic rings. The summed E-state index contributed by atoms with van der Waals surface area (Å²) in [4.78, 5) is 12.1. The van der Waals surface area contributed by atoms with Gasteiger partial charge in [-0.2, -0.15) is 0 Å². The molecule has 14 heavy (non-hydrogen) atoms. The van der Waals surface area contributed by atoms with E-state index < -0.39 is 0 Å². The van der Waals surface area contributed by atoms with E-state index in [1.54, 1.807) is 0 Å². The molecule has 2 rings (SSSR count). The molecule has 0 aromatic heterocycles. The molecule has 0 heterocycles. The number of hydrogen-bond donors (Lipinski definition) is 0. The minimum Gasteiger partial charge on any atom is -0.299 e. The van der Waals surface area contributed by atoms with Crippen LogP contribution in [0.2, 0.25) is 0 Å². The molecule has 0 aliphatic heterocycles. The Morgan fingerprint density at radius 1 is 1.07 bits per heavy atom. The molecule has 0 aromatic carbocycles. The molecule has 1 atom stereocenters. The average Bonchev–Trinajstić information content (AvgIpc) is 3.00. The third-order valence-corrected chi connectivity index (χ3v) is 4.20. The monoisotopic (exact) mass is 194 g/mol. The van der Waals surface area contributed by atoms with E-state index >= 15 is 0 Å². The second-order valence-electron chi connectivity index (χ2n) is 5.49. The minimum atomic E-state index is 0.369. The maximum absolute atomic E-state index is 12.1. The predicted octanol–water partition coefficient (Wildman–Crippen LogP) is 3.43. The van der Waals surface area contributed by atoms with Gasteiger partial charge >= 0.3 is 0 Å². The van der Waals surface area contributed by atoms with E-state index in [1.165, 1.54) is 25.7 Å². The highest BCUT2D eigenvalue weighted by Gasteiger charge is 2.36. The van der Waals surface area contributed by atoms with E-state index in [0.717, 1.165) is 24.7 Å². The third kappa shape index (κ3) is 2.18. The topological polar surface area (TPSA) is 17.1 Å². The maximum Gasteiger partial charge on any atom is 0.139 e. The van der Waals surface area contributed by atoms with Crippen LogP contribution in [0.5, 0.6) is 0 Å². The lowest BCUT2D eigenvalue weighted by molar-refractivity contribution is -0.128. The minimum absolute atomic E-state index is 0.369. The van der Waals surface area contributed by atoms with Gasteiger partial charge in [0.25, 0.3) is 0 Å². The predicted molar refractivity (Wildman–Crippen MR) is 58.0 cm³/mol. The molecule has 1 heteroatoms. The molecule has 0 spiro atoms. The Kier molecular flexibility index (Phi) is 2.94. The van der Waals surface area contributed by atoms with Gasteiger partial charge in [0.05, 0.1) is 0 Å². The molecule has 0 radical (unpaired) electrons. The van der Waals surface area contributed by atoms with Gasteiger partial charge in [0.2, 0.25) is 0 Å². The number of carbonyl (C=O) groups is 1. The molecule has 0 amide bonds. The lowest BCUT2D eigenvalue weighted by Crippen LogP contribution is -2.26. The fourth-order valence-electron chi connectivity index (χ4n) is 2.74. The first kappa shape index (κ1) is 10.2. The number of carbonyl (C=O) groups excluding carboxylic acids is 1. The zero-order valence-electron chi connectivity index (χ0n) is 9.46. The molecule has 2 aliphatic rings. The summed E-state index contributed by atoms with van der Waals surface area (Å²) in [7, 11) is 0. The molecule has 0 bridgehead atoms. The van der Waals surface area contributed by atoms with Crippen LogP contribution >= 0.6 is 0 Å². The summed E-state index contributed by atoms with van der Waals surface area (Å²) in [5.41, 5.74) is 0. The van der Waals surface area contributed by atoms with Gasteiger partial charge in [-0.3, -0.25) is 4.79 Å². The fraction of sp³-hybridized carbons (Fsp3) is 0.923. The number of Topliss-reactive ketones (excluding diaryl/α,β-unsaturated/α-hetero) is 1. The van der Waals surface area contributed by atoms with Crippen molar-refractivity contribution in [1.82, 2.24) is 0 Å². The molecule has 0 saturated heterocycles. The first-order chi connectivity index (χ1) is 6.68. The van der Waals surface area contributed by atoms with Crippen molar-refractivity contribution in [3.05, 3.63) is 0 Å². The molecule has 0 N–H and O–H groups in total. The van der Waals surface area contributed by atoms with E-state index in [1.807, 2.05) is 0 Å². The number of rotatable bonds is 3. The summed E-state index contributed by atoms with van der Waals surface area (Å²) < 4.78 is 0. The zero-order chi connectivity index (χ0) is 10.1. The van der Waals surface area contributed by atoms with Crippen molar-refractivity contribution in [2.75, 3.05) is 0 Å². The Morgan fingerprint density at radius 3 is 2.14 bits per heavy atom. The number of hydrogen-bond acceptors (Lipinski definition) is 1. The van der Waals surface area contributed by atoms with Crippen LogP contribution in [-0.4, -0.2) is 5.78 Å². The van der Waals surface area contributed by atoms with E-state index in [0.29, 0.717) is 17.6 Å². The second-order valence-corrected chi connectivity index (χ2v) is 5.49. The second kappa shape index (κ2) is 4.04. The van der Waals surface area contributed by atoms with Crippen molar-refractivity contribution in [2.45, 2.75) is 52.4 Å². The van der Waals surface area contributed by atoms with Crippen LogP contribution in [0.25, 0.3) is 0 Å². The Bertz CT molecular complexity index is 209. The molecule has 1 nitrogen and oxygen atoms in total. The first-order valence-corrected chi connectivity index (χ1v) is 6.22. The molecular formula is C13H22O. The summed E-state index contributed by atoms with van der Waals surface area (Å²) in [6.45, 7) is 4.46. The van der Waals surface area contributed by atoms with Crippen LogP contribution < -0.4 is 0 Å². The normalized spacial score (nSPS) is 35.3. The third-order valence-electron chi connectivity index (χ3n) is 4.20. The Labute approximate surface area is 87.3 Å². The van der Waals surface area contributed by atoms with Crippen LogP contribution in [0.4, 0.5) is 0 Å². The van der Waals surface area contributed by atoms with E-state index in [2.05, 4.69) is 13.8 Å². The molecule has 1 unspecified atom stereocenters. The highest BCUT2D eigenvalue weighted by atomic mass is 16.1. The molecule has 2 aliphatic carbocycles. The van der Waals surface area contributed by atoms with Gasteiger partial charge in [0, 0.05) is 11.8 Å². The summed E-state index contributed by atoms with van der Waals surface area (Å²) in [6, 6.07) is 0. The largest absolute Gasteiger partial charge is 0.299 e. The molecular weight excluding hydrogens is 172 g/mol. The first-order valence-electron chi connectivity index (χ1n) is 6.22. The highest BCUT2D eigenvalue weighted by Crippen LogP contribution is 2.40. The SMILES string of the molecule is CC1CCC(C(=O)C(C)C2CC2)CC1. The van der Waals surface area contributed by atoms with Gasteiger partial charge in [-0.15, -0.1) is 0 Å². The van der Waals surface area contributed by atoms with Crippen molar-refractivity contribution in [1.29, 1.82) is 0 Å². The van der Waals surface area contributed by atoms with Gasteiger partial charge in [0.1, 0.15) is 5.78 Å². The van der Waals surface area contributed by atoms with Crippen LogP contribution in [-0.2, 0) is 4.79 Å². The molecule has 2 saturated carbocycles. The van der Waals surface area contributed by atoms with E-state index in [-0.39, 0.29) is 0 Å². The van der Waals surface area contributed by atoms with Gasteiger partial charge < -0.3 is 0 Å². The van der Waals surface area contributed by atoms with Crippen molar-refractivity contribution in [3.8, 4) is 0 Å². The van der Waals surface area contributed by atoms with Crippen LogP contribution in [0.3, 0.4) is 0 Å². The van der Waals surface area contributed by atoms with Crippen LogP contribution in [0.1, 0.15) is 52.4 Å². The summed E-state index contributed by atoms with van der Waals surface area (Å²) in [5, 5.41) is 0. The van der Waals surface area contributed by atoms with Crippen molar-refractivity contribution in [2.24, 2.45) is 23.7 Å². The van der Waals surface area contributed by atoms with E-state index in [4.69, 9.17) is 0 Å². The molecule has 2 fully saturated rings. The lowest BCUT2D eigenvalue weighted by atomic mass is 9.77. The maximum atomic E-state index is 12.1. The standard InChI is InChI=1S/C13H22O/c1-9-3-5-12(6-4-9)13(14)10(2)11-7-8-11/h9-12H,3-8H2,1-2H3. The number of ketones is 1. The smallest absolute Gasteiger partial charge is 0.139 e. The van der Waals surface area contributed by atoms with Crippen LogP contribution in [0, 0.1) is 23.7 Å². The quantitative estimate of drug-likeness (QED) is 0.672. The zero-order valence-corrected chi connectivity index (χ0v) is 9.46. The van der Waals surface area contributed by atoms with E-state index in [9.17, 15) is 4.79 Å². The van der Waals surface area contributed by atoms with Crippen molar-refractivity contribution in [3.63, 3.8) is 0 Å². The average molecular weight is 194 g/mol. The summed E-state index contributed by atoms with van der Waals surface area (Å²) in [5.74, 6) is 2.98. The van der Waals surface area contributed by atoms with Crippen LogP contribution in [0.15, 0.2) is 0 Å². The molecule has 80 valence electrons. The summed E-state index contributed by atoms with van der Waals surface area (Å²) >= 11 is 0. The van der Waals surface area contributed by atoms with Gasteiger partial charge in [-0.1, -0.05) is 26.7 Å². The Hall–Kier alpha value is -0.330. The fourth-order valence-corrected chi connectivity index (χ4v) is 2.74.